The van der Waals surface area contributed by atoms with E-state index in [-0.39, 0.29) is 45.9 Å². The number of benzene rings is 7. The van der Waals surface area contributed by atoms with Gasteiger partial charge < -0.3 is 12.3 Å². The Morgan fingerprint density at radius 1 is 0.269 bits per heavy atom. The molecule has 0 aliphatic rings. The molecule has 0 unspecified atom stereocenters. The first-order chi connectivity index (χ1) is 25.8. The molecular weight excluding hydrogens is 701 g/mol. The average Bonchev–Trinajstić information content (AvgIpc) is 3.23. The van der Waals surface area contributed by atoms with E-state index >= 15 is 0 Å². The first-order valence-corrected chi connectivity index (χ1v) is 22.1. The third-order valence-electron chi connectivity index (χ3n) is 8.86. The molecule has 6 radical (unpaired) electrons. The third-order valence-corrected chi connectivity index (χ3v) is 17.2. The predicted molar refractivity (Wildman–Crippen MR) is 217 cm³/mol. The Morgan fingerprint density at radius 3 is 0.673 bits per heavy atom. The zero-order valence-corrected chi connectivity index (χ0v) is 32.7. The molecule has 0 fully saturated rings. The summed E-state index contributed by atoms with van der Waals surface area (Å²) in [6, 6.07) is 74.2. The van der Waals surface area contributed by atoms with Gasteiger partial charge >= 0.3 is 8.80 Å². The van der Waals surface area contributed by atoms with Crippen LogP contribution < -0.4 is 5.19 Å². The van der Waals surface area contributed by atoms with E-state index in [0.29, 0.717) is 0 Å². The number of hydrogen-bond donors (Lipinski definition) is 0. The van der Waals surface area contributed by atoms with Crippen molar-refractivity contribution in [2.75, 3.05) is 0 Å². The maximum absolute atomic E-state index is 7.37. The van der Waals surface area contributed by atoms with Gasteiger partial charge in [0.1, 0.15) is 0 Å². The second kappa shape index (κ2) is 18.2. The Bertz CT molecular complexity index is 1710. The van der Waals surface area contributed by atoms with Gasteiger partial charge in [-0.1, -0.05) is 212 Å². The Hall–Kier alpha value is -4.71. The molecule has 0 N–H and O–H groups in total. The van der Waals surface area contributed by atoms with Crippen LogP contribution in [-0.4, -0.2) is 38.1 Å². The lowest BCUT2D eigenvalue weighted by molar-refractivity contribution is 0.297. The Balaban J connectivity index is 1.31. The third kappa shape index (κ3) is 9.01. The van der Waals surface area contributed by atoms with Crippen LogP contribution in [0.4, 0.5) is 0 Å². The molecule has 3 nitrogen and oxygen atoms in total. The summed E-state index contributed by atoms with van der Waals surface area (Å²) in [5.74, 6) is 0. The first-order valence-electron chi connectivity index (χ1n) is 17.4. The molecule has 252 valence electrons. The lowest BCUT2D eigenvalue weighted by Gasteiger charge is -2.34. The van der Waals surface area contributed by atoms with Crippen LogP contribution in [-0.2, 0) is 12.3 Å². The van der Waals surface area contributed by atoms with Gasteiger partial charge in [-0.15, -0.1) is 0 Å². The zero-order valence-electron chi connectivity index (χ0n) is 28.7. The topological polar surface area (TPSA) is 27.7 Å². The normalized spacial score (nSPS) is 11.7. The van der Waals surface area contributed by atoms with Crippen molar-refractivity contribution in [3.63, 3.8) is 0 Å². The molecule has 0 aliphatic heterocycles. The van der Waals surface area contributed by atoms with Crippen LogP contribution in [0.15, 0.2) is 212 Å². The number of rotatable bonds is 16. The molecule has 0 atom stereocenters. The number of hydrogen-bond acceptors (Lipinski definition) is 3. The molecule has 7 rings (SSSR count). The van der Waals surface area contributed by atoms with E-state index in [1.807, 2.05) is 6.07 Å². The van der Waals surface area contributed by atoms with Crippen molar-refractivity contribution in [2.24, 2.45) is 0 Å². The van der Waals surface area contributed by atoms with E-state index in [0.717, 1.165) is 5.19 Å². The highest BCUT2D eigenvalue weighted by Crippen LogP contribution is 2.30. The van der Waals surface area contributed by atoms with Crippen LogP contribution in [0.2, 0.25) is 0 Å². The lowest BCUT2D eigenvalue weighted by atomic mass is 10.0. The summed E-state index contributed by atoms with van der Waals surface area (Å²) in [4.78, 5) is 0. The van der Waals surface area contributed by atoms with Gasteiger partial charge in [0.05, 0.1) is 0 Å². The summed E-state index contributed by atoms with van der Waals surface area (Å²) in [6.07, 6.45) is 0. The lowest BCUT2D eigenvalue weighted by Crippen LogP contribution is -2.60. The minimum Gasteiger partial charge on any atom is -0.412 e. The molecule has 7 aromatic rings. The zero-order chi connectivity index (χ0) is 35.3. The second-order valence-electron chi connectivity index (χ2n) is 12.3. The van der Waals surface area contributed by atoms with Crippen molar-refractivity contribution < 1.29 is 12.3 Å². The van der Waals surface area contributed by atoms with Gasteiger partial charge in [-0.2, -0.15) is 0 Å². The van der Waals surface area contributed by atoms with Crippen LogP contribution in [0.25, 0.3) is 0 Å². The molecule has 0 bridgehead atoms. The molecule has 0 saturated carbocycles. The Morgan fingerprint density at radius 2 is 0.462 bits per heavy atom. The molecule has 0 heterocycles. The Kier molecular flexibility index (Phi) is 12.5. The van der Waals surface area contributed by atoms with Gasteiger partial charge in [0.15, 0.2) is 0 Å². The fraction of sp³-hybridized carbons (Fsp3) is 0.0667. The van der Waals surface area contributed by atoms with E-state index in [4.69, 9.17) is 12.3 Å². The summed E-state index contributed by atoms with van der Waals surface area (Å²) < 4.78 is 22.1. The average molecular weight is 739 g/mol. The summed E-state index contributed by atoms with van der Waals surface area (Å²) in [7, 11) is -3.47. The van der Waals surface area contributed by atoms with Gasteiger partial charge in [0.25, 0.3) is 0 Å². The van der Waals surface area contributed by atoms with E-state index in [9.17, 15) is 0 Å². The molecular formula is C45H38O3Si4. The monoisotopic (exact) mass is 738 g/mol. The standard InChI is InChI=1S/C45H38O3Si4/c1-8-22-36(23-9-1)43(37-24-10-2-11-25-37)49-46-52(42-34-20-7-21-35-42,47-50-44(38-26-12-3-13-27-38)39-28-14-4-15-29-39)48-51-45(40-30-16-5-17-31-40)41-32-18-6-19-33-41/h1-35,43-45H. The molecule has 7 heteroatoms. The molecule has 0 aliphatic carbocycles. The maximum atomic E-state index is 7.37. The molecule has 0 amide bonds. The van der Waals surface area contributed by atoms with Crippen LogP contribution in [0.1, 0.15) is 50.0 Å². The highest BCUT2D eigenvalue weighted by Gasteiger charge is 2.46. The van der Waals surface area contributed by atoms with E-state index in [1.165, 1.54) is 33.4 Å². The molecule has 0 spiro atoms. The minimum absolute atomic E-state index is 0.00920. The fourth-order valence-corrected chi connectivity index (χ4v) is 15.0. The van der Waals surface area contributed by atoms with Gasteiger partial charge in [-0.3, -0.25) is 0 Å². The largest absolute Gasteiger partial charge is 0.505 e. The summed E-state index contributed by atoms with van der Waals surface area (Å²) in [5.41, 5.74) is 7.23. The molecule has 7 aromatic carbocycles. The van der Waals surface area contributed by atoms with Crippen molar-refractivity contribution in [1.82, 2.24) is 0 Å². The second-order valence-corrected chi connectivity index (χ2v) is 18.9. The van der Waals surface area contributed by atoms with E-state index < -0.39 is 8.80 Å². The summed E-state index contributed by atoms with van der Waals surface area (Å²) >= 11 is 0. The maximum Gasteiger partial charge on any atom is 0.505 e. The molecule has 0 aromatic heterocycles. The Labute approximate surface area is 316 Å². The van der Waals surface area contributed by atoms with Gasteiger partial charge in [-0.25, -0.2) is 0 Å². The summed E-state index contributed by atoms with van der Waals surface area (Å²) in [5, 5.41) is 0.960. The van der Waals surface area contributed by atoms with Gasteiger partial charge in [0, 0.05) is 21.8 Å². The van der Waals surface area contributed by atoms with Crippen LogP contribution in [0.3, 0.4) is 0 Å². The van der Waals surface area contributed by atoms with Gasteiger partial charge in [-0.05, 0) is 33.4 Å². The van der Waals surface area contributed by atoms with E-state index in [1.54, 1.807) is 0 Å². The van der Waals surface area contributed by atoms with Crippen molar-refractivity contribution in [2.45, 2.75) is 16.6 Å². The van der Waals surface area contributed by atoms with Crippen LogP contribution in [0.5, 0.6) is 0 Å². The minimum atomic E-state index is -3.62. The van der Waals surface area contributed by atoms with Crippen LogP contribution in [0, 0.1) is 0 Å². The van der Waals surface area contributed by atoms with Crippen molar-refractivity contribution in [1.29, 1.82) is 0 Å². The highest BCUT2D eigenvalue weighted by molar-refractivity contribution is 6.84. The molecule has 52 heavy (non-hydrogen) atoms. The smallest absolute Gasteiger partial charge is 0.412 e. The van der Waals surface area contributed by atoms with Crippen molar-refractivity contribution in [3.8, 4) is 0 Å². The predicted octanol–water partition coefficient (Wildman–Crippen LogP) is 9.11. The SMILES string of the molecule is c1ccc(C([Si]O[Si](O[Si]C(c2ccccc2)c2ccccc2)(O[Si]C(c2ccccc2)c2ccccc2)c2ccccc2)c2ccccc2)cc1. The molecule has 0 saturated heterocycles. The fourth-order valence-electron chi connectivity index (χ4n) is 6.15. The van der Waals surface area contributed by atoms with Crippen molar-refractivity contribution in [3.05, 3.63) is 246 Å². The van der Waals surface area contributed by atoms with Crippen molar-refractivity contribution >= 4 is 43.3 Å². The van der Waals surface area contributed by atoms with Gasteiger partial charge in [0.2, 0.25) is 29.3 Å². The summed E-state index contributed by atoms with van der Waals surface area (Å²) in [6.45, 7) is 0. The highest BCUT2D eigenvalue weighted by atomic mass is 28.5. The quantitative estimate of drug-likeness (QED) is 0.0927. The van der Waals surface area contributed by atoms with Crippen LogP contribution >= 0.6 is 0 Å². The first kappa shape index (κ1) is 35.7. The van der Waals surface area contributed by atoms with E-state index in [2.05, 4.69) is 206 Å².